The van der Waals surface area contributed by atoms with Crippen LogP contribution in [0.2, 0.25) is 0 Å². The monoisotopic (exact) mass is 316 g/mol. The van der Waals surface area contributed by atoms with Crippen molar-refractivity contribution in [2.24, 2.45) is 0 Å². The largest absolute Gasteiger partial charge is 0.497 e. The molecule has 0 bridgehead atoms. The van der Waals surface area contributed by atoms with Crippen LogP contribution in [0.3, 0.4) is 0 Å². The van der Waals surface area contributed by atoms with Crippen LogP contribution in [0.4, 0.5) is 0 Å². The van der Waals surface area contributed by atoms with Crippen molar-refractivity contribution < 1.29 is 4.74 Å². The smallest absolute Gasteiger partial charge is 0.266 e. The van der Waals surface area contributed by atoms with E-state index in [2.05, 4.69) is 4.98 Å². The first-order chi connectivity index (χ1) is 11.6. The van der Waals surface area contributed by atoms with Crippen molar-refractivity contribution in [1.29, 1.82) is 5.26 Å². The van der Waals surface area contributed by atoms with E-state index < -0.39 is 0 Å². The van der Waals surface area contributed by atoms with E-state index in [0.717, 1.165) is 28.1 Å². The van der Waals surface area contributed by atoms with Gasteiger partial charge >= 0.3 is 0 Å². The minimum atomic E-state index is -0.364. The summed E-state index contributed by atoms with van der Waals surface area (Å²) in [5.74, 6) is 0.779. The van der Waals surface area contributed by atoms with Crippen molar-refractivity contribution >= 4 is 0 Å². The van der Waals surface area contributed by atoms with Crippen LogP contribution in [-0.2, 0) is 0 Å². The molecule has 3 aromatic rings. The van der Waals surface area contributed by atoms with Gasteiger partial charge < -0.3 is 9.72 Å². The molecule has 1 heterocycles. The predicted molar refractivity (Wildman–Crippen MR) is 93.9 cm³/mol. The summed E-state index contributed by atoms with van der Waals surface area (Å²) < 4.78 is 5.20. The summed E-state index contributed by atoms with van der Waals surface area (Å²) in [6.07, 6.45) is 0. The second kappa shape index (κ2) is 6.43. The zero-order valence-electron chi connectivity index (χ0n) is 13.5. The number of aryl methyl sites for hydroxylation is 1. The third kappa shape index (κ3) is 2.80. The molecule has 0 radical (unpaired) electrons. The molecule has 1 aromatic heterocycles. The number of benzene rings is 2. The molecule has 118 valence electrons. The van der Waals surface area contributed by atoms with Gasteiger partial charge in [-0.1, -0.05) is 36.4 Å². The number of ether oxygens (including phenoxy) is 1. The second-order valence-electron chi connectivity index (χ2n) is 5.46. The fourth-order valence-corrected chi connectivity index (χ4v) is 2.75. The third-order valence-electron chi connectivity index (χ3n) is 3.90. The molecule has 0 aliphatic heterocycles. The molecule has 2 aromatic carbocycles. The highest BCUT2D eigenvalue weighted by atomic mass is 16.5. The number of nitrogens with one attached hydrogen (secondary N) is 1. The summed E-state index contributed by atoms with van der Waals surface area (Å²) in [6, 6.07) is 19.3. The third-order valence-corrected chi connectivity index (χ3v) is 3.90. The molecule has 0 unspecified atom stereocenters. The summed E-state index contributed by atoms with van der Waals surface area (Å²) in [4.78, 5) is 14.8. The number of hydrogen-bond donors (Lipinski definition) is 1. The first-order valence-corrected chi connectivity index (χ1v) is 7.52. The number of rotatable bonds is 3. The van der Waals surface area contributed by atoms with Crippen LogP contribution in [0.1, 0.15) is 11.3 Å². The number of nitriles is 1. The number of aromatic nitrogens is 1. The van der Waals surface area contributed by atoms with E-state index in [1.165, 1.54) is 0 Å². The van der Waals surface area contributed by atoms with Gasteiger partial charge in [-0.05, 0) is 41.8 Å². The van der Waals surface area contributed by atoms with Crippen molar-refractivity contribution in [3.8, 4) is 34.1 Å². The Labute approximate surface area is 140 Å². The highest BCUT2D eigenvalue weighted by Gasteiger charge is 2.14. The SMILES string of the molecule is COc1ccc(-c2ccccc2-c2cc(C)[nH]c(=O)c2C#N)cc1. The Morgan fingerprint density at radius 2 is 1.67 bits per heavy atom. The Kier molecular flexibility index (Phi) is 4.17. The van der Waals surface area contributed by atoms with Gasteiger partial charge in [-0.3, -0.25) is 4.79 Å². The standard InChI is InChI=1S/C20H16N2O2/c1-13-11-18(19(12-21)20(23)22-13)17-6-4-3-5-16(17)14-7-9-15(24-2)10-8-14/h3-11H,1-2H3,(H,22,23). The number of H-pyrrole nitrogens is 1. The van der Waals surface area contributed by atoms with Gasteiger partial charge in [0.15, 0.2) is 0 Å². The van der Waals surface area contributed by atoms with Crippen molar-refractivity contribution in [2.75, 3.05) is 7.11 Å². The number of nitrogens with zero attached hydrogens (tertiary/aromatic N) is 1. The molecule has 1 N–H and O–H groups in total. The fraction of sp³-hybridized carbons (Fsp3) is 0.100. The highest BCUT2D eigenvalue weighted by molar-refractivity contribution is 5.85. The molecule has 4 heteroatoms. The number of hydrogen-bond acceptors (Lipinski definition) is 3. The van der Waals surface area contributed by atoms with Gasteiger partial charge in [0.25, 0.3) is 5.56 Å². The van der Waals surface area contributed by atoms with Crippen LogP contribution in [0.15, 0.2) is 59.4 Å². The number of pyridine rings is 1. The number of aromatic amines is 1. The van der Waals surface area contributed by atoms with Gasteiger partial charge in [0, 0.05) is 11.3 Å². The van der Waals surface area contributed by atoms with Gasteiger partial charge in [-0.25, -0.2) is 0 Å². The summed E-state index contributed by atoms with van der Waals surface area (Å²) >= 11 is 0. The van der Waals surface area contributed by atoms with Crippen molar-refractivity contribution in [3.63, 3.8) is 0 Å². The van der Waals surface area contributed by atoms with Gasteiger partial charge in [-0.15, -0.1) is 0 Å². The maximum Gasteiger partial charge on any atom is 0.266 e. The van der Waals surface area contributed by atoms with Gasteiger partial charge in [0.05, 0.1) is 7.11 Å². The lowest BCUT2D eigenvalue weighted by Gasteiger charge is -2.12. The Bertz CT molecular complexity index is 980. The van der Waals surface area contributed by atoms with Crippen LogP contribution in [0.25, 0.3) is 22.3 Å². The molecule has 0 spiro atoms. The minimum absolute atomic E-state index is 0.126. The van der Waals surface area contributed by atoms with E-state index in [0.29, 0.717) is 5.56 Å². The summed E-state index contributed by atoms with van der Waals surface area (Å²) in [7, 11) is 1.63. The van der Waals surface area contributed by atoms with Gasteiger partial charge in [0.2, 0.25) is 0 Å². The second-order valence-corrected chi connectivity index (χ2v) is 5.46. The molecule has 0 fully saturated rings. The zero-order chi connectivity index (χ0) is 17.1. The Balaban J connectivity index is 2.24. The van der Waals surface area contributed by atoms with Crippen molar-refractivity contribution in [2.45, 2.75) is 6.92 Å². The maximum absolute atomic E-state index is 12.1. The lowest BCUT2D eigenvalue weighted by atomic mass is 9.92. The van der Waals surface area contributed by atoms with Crippen molar-refractivity contribution in [1.82, 2.24) is 4.98 Å². The fourth-order valence-electron chi connectivity index (χ4n) is 2.75. The van der Waals surface area contributed by atoms with E-state index >= 15 is 0 Å². The minimum Gasteiger partial charge on any atom is -0.497 e. The molecule has 24 heavy (non-hydrogen) atoms. The van der Waals surface area contributed by atoms with Crippen molar-refractivity contribution in [3.05, 3.63) is 76.2 Å². The Morgan fingerprint density at radius 1 is 1.00 bits per heavy atom. The lowest BCUT2D eigenvalue weighted by Crippen LogP contribution is -2.12. The molecule has 0 saturated heterocycles. The molecular formula is C20H16N2O2. The van der Waals surface area contributed by atoms with E-state index in [1.54, 1.807) is 7.11 Å². The molecule has 3 rings (SSSR count). The summed E-state index contributed by atoms with van der Waals surface area (Å²) in [5.41, 5.74) is 3.94. The zero-order valence-corrected chi connectivity index (χ0v) is 13.5. The Hall–Kier alpha value is -3.32. The van der Waals surface area contributed by atoms with Gasteiger partial charge in [-0.2, -0.15) is 5.26 Å². The predicted octanol–water partition coefficient (Wildman–Crippen LogP) is 3.90. The summed E-state index contributed by atoms with van der Waals surface area (Å²) in [5, 5.41) is 9.39. The lowest BCUT2D eigenvalue weighted by molar-refractivity contribution is 0.415. The average molecular weight is 316 g/mol. The maximum atomic E-state index is 12.1. The molecule has 0 aliphatic carbocycles. The summed E-state index contributed by atoms with van der Waals surface area (Å²) in [6.45, 7) is 1.81. The first kappa shape index (κ1) is 15.6. The molecule has 0 saturated carbocycles. The van der Waals surface area contributed by atoms with Gasteiger partial charge in [0.1, 0.15) is 17.4 Å². The molecule has 0 amide bonds. The first-order valence-electron chi connectivity index (χ1n) is 7.52. The van der Waals surface area contributed by atoms with Crippen LogP contribution in [-0.4, -0.2) is 12.1 Å². The normalized spacial score (nSPS) is 10.2. The van der Waals surface area contributed by atoms with Crippen LogP contribution in [0.5, 0.6) is 5.75 Å². The Morgan fingerprint density at radius 3 is 2.29 bits per heavy atom. The molecule has 4 nitrogen and oxygen atoms in total. The van der Waals surface area contributed by atoms with Crippen LogP contribution in [0, 0.1) is 18.3 Å². The topological polar surface area (TPSA) is 65.9 Å². The van der Waals surface area contributed by atoms with E-state index in [-0.39, 0.29) is 11.1 Å². The molecular weight excluding hydrogens is 300 g/mol. The van der Waals surface area contributed by atoms with E-state index in [4.69, 9.17) is 4.74 Å². The van der Waals surface area contributed by atoms with Crippen LogP contribution < -0.4 is 10.3 Å². The average Bonchev–Trinajstić information content (AvgIpc) is 2.61. The van der Waals surface area contributed by atoms with E-state index in [1.807, 2.05) is 67.6 Å². The molecule has 0 atom stereocenters. The van der Waals surface area contributed by atoms with E-state index in [9.17, 15) is 10.1 Å². The highest BCUT2D eigenvalue weighted by Crippen LogP contribution is 2.33. The quantitative estimate of drug-likeness (QED) is 0.797. The molecule has 0 aliphatic rings. The number of methoxy groups -OCH3 is 1. The van der Waals surface area contributed by atoms with Crippen LogP contribution >= 0.6 is 0 Å².